The Morgan fingerprint density at radius 2 is 1.71 bits per heavy atom. The zero-order valence-corrected chi connectivity index (χ0v) is 16.1. The zero-order chi connectivity index (χ0) is 15.4. The third kappa shape index (κ3) is 4.60. The molecule has 1 aliphatic rings. The standard InChI is InChI=1S/C19H31AsO/c1-14(2)18-12-11-16(5)13-19(18)21-20(15(3)4)17-9-7-6-8-10-17/h6-10,14-16,18-19H,11-13H2,1-5H3/t16-,18+,19-,20?/m1/s1. The van der Waals surface area contributed by atoms with Gasteiger partial charge in [-0.2, -0.15) is 0 Å². The van der Waals surface area contributed by atoms with E-state index in [9.17, 15) is 0 Å². The Morgan fingerprint density at radius 3 is 2.29 bits per heavy atom. The Kier molecular flexibility index (Phi) is 6.38. The predicted octanol–water partition coefficient (Wildman–Crippen LogP) is 4.77. The Balaban J connectivity index is 2.14. The third-order valence-electron chi connectivity index (χ3n) is 4.69. The summed E-state index contributed by atoms with van der Waals surface area (Å²) in [5.74, 6) is 2.31. The van der Waals surface area contributed by atoms with Gasteiger partial charge in [0.05, 0.1) is 0 Å². The molecule has 0 spiro atoms. The fraction of sp³-hybridized carbons (Fsp3) is 0.684. The third-order valence-corrected chi connectivity index (χ3v) is 9.40. The van der Waals surface area contributed by atoms with E-state index in [1.54, 1.807) is 0 Å². The van der Waals surface area contributed by atoms with Crippen molar-refractivity contribution in [1.82, 2.24) is 0 Å². The van der Waals surface area contributed by atoms with Crippen LogP contribution in [0.25, 0.3) is 0 Å². The maximum absolute atomic E-state index is 6.83. The van der Waals surface area contributed by atoms with Crippen molar-refractivity contribution in [1.29, 1.82) is 0 Å². The molecule has 1 aliphatic carbocycles. The maximum atomic E-state index is 6.83. The Morgan fingerprint density at radius 1 is 1.05 bits per heavy atom. The van der Waals surface area contributed by atoms with E-state index in [1.165, 1.54) is 23.6 Å². The first-order valence-electron chi connectivity index (χ1n) is 8.50. The summed E-state index contributed by atoms with van der Waals surface area (Å²) in [7, 11) is 0. The van der Waals surface area contributed by atoms with Crippen molar-refractivity contribution in [2.24, 2.45) is 17.8 Å². The number of benzene rings is 1. The summed E-state index contributed by atoms with van der Waals surface area (Å²) in [6.07, 6.45) is 4.46. The molecule has 1 aromatic carbocycles. The van der Waals surface area contributed by atoms with E-state index in [4.69, 9.17) is 3.73 Å². The topological polar surface area (TPSA) is 9.23 Å². The van der Waals surface area contributed by atoms with E-state index in [2.05, 4.69) is 65.0 Å². The molecule has 0 aromatic heterocycles. The second kappa shape index (κ2) is 7.84. The summed E-state index contributed by atoms with van der Waals surface area (Å²) in [5, 5.41) is 0. The molecule has 0 aliphatic heterocycles. The van der Waals surface area contributed by atoms with Crippen LogP contribution in [0, 0.1) is 17.8 Å². The predicted molar refractivity (Wildman–Crippen MR) is 93.1 cm³/mol. The first kappa shape index (κ1) is 17.1. The average molecular weight is 350 g/mol. The van der Waals surface area contributed by atoms with Crippen molar-refractivity contribution >= 4 is 19.3 Å². The van der Waals surface area contributed by atoms with Gasteiger partial charge in [-0.3, -0.25) is 0 Å². The Labute approximate surface area is 136 Å². The van der Waals surface area contributed by atoms with Crippen molar-refractivity contribution in [3.8, 4) is 0 Å². The summed E-state index contributed by atoms with van der Waals surface area (Å²) in [4.78, 5) is 0. The quantitative estimate of drug-likeness (QED) is 0.695. The summed E-state index contributed by atoms with van der Waals surface area (Å²) in [5.41, 5.74) is 0. The molecule has 0 radical (unpaired) electrons. The van der Waals surface area contributed by atoms with Gasteiger partial charge in [0.1, 0.15) is 0 Å². The second-order valence-corrected chi connectivity index (χ2v) is 12.3. The van der Waals surface area contributed by atoms with Crippen LogP contribution in [0.15, 0.2) is 30.3 Å². The molecule has 0 amide bonds. The van der Waals surface area contributed by atoms with Crippen LogP contribution in [-0.2, 0) is 3.73 Å². The van der Waals surface area contributed by atoms with Crippen LogP contribution < -0.4 is 4.35 Å². The van der Waals surface area contributed by atoms with Crippen LogP contribution in [0.1, 0.15) is 53.9 Å². The normalized spacial score (nSPS) is 28.0. The van der Waals surface area contributed by atoms with Gasteiger partial charge >= 0.3 is 136 Å². The first-order chi connectivity index (χ1) is 9.99. The molecule has 1 aromatic rings. The molecular weight excluding hydrogens is 319 g/mol. The van der Waals surface area contributed by atoms with Gasteiger partial charge < -0.3 is 0 Å². The molecule has 118 valence electrons. The Hall–Kier alpha value is -0.262. The fourth-order valence-corrected chi connectivity index (χ4v) is 7.55. The molecule has 1 unspecified atom stereocenters. The fourth-order valence-electron chi connectivity index (χ4n) is 3.44. The molecule has 2 rings (SSSR count). The minimum absolute atomic E-state index is 0.483. The molecular formula is C19H31AsO. The monoisotopic (exact) mass is 350 g/mol. The van der Waals surface area contributed by atoms with Crippen LogP contribution >= 0.6 is 0 Å². The van der Waals surface area contributed by atoms with E-state index in [0.717, 1.165) is 17.8 Å². The minimum atomic E-state index is -1.42. The van der Waals surface area contributed by atoms with Crippen molar-refractivity contribution in [2.75, 3.05) is 0 Å². The van der Waals surface area contributed by atoms with Gasteiger partial charge in [-0.25, -0.2) is 0 Å². The van der Waals surface area contributed by atoms with Crippen LogP contribution in [0.2, 0.25) is 4.71 Å². The van der Waals surface area contributed by atoms with E-state index in [-0.39, 0.29) is 0 Å². The number of hydrogen-bond acceptors (Lipinski definition) is 1. The van der Waals surface area contributed by atoms with Crippen LogP contribution in [0.5, 0.6) is 0 Å². The summed E-state index contributed by atoms with van der Waals surface area (Å²) >= 11 is -1.42. The van der Waals surface area contributed by atoms with E-state index < -0.39 is 15.0 Å². The van der Waals surface area contributed by atoms with Crippen LogP contribution in [-0.4, -0.2) is 21.1 Å². The first-order valence-corrected chi connectivity index (χ1v) is 11.3. The van der Waals surface area contributed by atoms with Gasteiger partial charge in [0.25, 0.3) is 0 Å². The second-order valence-electron chi connectivity index (χ2n) is 7.23. The molecule has 1 nitrogen and oxygen atoms in total. The van der Waals surface area contributed by atoms with Crippen molar-refractivity contribution in [2.45, 2.75) is 64.7 Å². The van der Waals surface area contributed by atoms with Gasteiger partial charge in [-0.15, -0.1) is 0 Å². The van der Waals surface area contributed by atoms with Gasteiger partial charge in [0.2, 0.25) is 0 Å². The number of hydrogen-bond donors (Lipinski definition) is 0. The summed E-state index contributed by atoms with van der Waals surface area (Å²) in [6.45, 7) is 11.8. The molecule has 4 atom stereocenters. The van der Waals surface area contributed by atoms with E-state index in [0.29, 0.717) is 10.8 Å². The van der Waals surface area contributed by atoms with Crippen molar-refractivity contribution in [3.63, 3.8) is 0 Å². The summed E-state index contributed by atoms with van der Waals surface area (Å²) in [6, 6.07) is 11.0. The van der Waals surface area contributed by atoms with Gasteiger partial charge in [-0.05, 0) is 0 Å². The SMILES string of the molecule is CC(C)[C@@H]1CC[C@@H](C)C[C@H]1O[As](c1ccccc1)C(C)C. The molecule has 1 saturated carbocycles. The van der Waals surface area contributed by atoms with E-state index in [1.807, 2.05) is 0 Å². The molecule has 0 heterocycles. The summed E-state index contributed by atoms with van der Waals surface area (Å²) < 4.78 is 8.96. The van der Waals surface area contributed by atoms with Gasteiger partial charge in [0, 0.05) is 0 Å². The van der Waals surface area contributed by atoms with E-state index >= 15 is 0 Å². The Bertz CT molecular complexity index is 415. The molecule has 0 saturated heterocycles. The number of rotatable bonds is 5. The molecule has 0 bridgehead atoms. The van der Waals surface area contributed by atoms with Crippen LogP contribution in [0.4, 0.5) is 0 Å². The van der Waals surface area contributed by atoms with Crippen molar-refractivity contribution in [3.05, 3.63) is 30.3 Å². The van der Waals surface area contributed by atoms with Crippen molar-refractivity contribution < 1.29 is 3.73 Å². The van der Waals surface area contributed by atoms with Gasteiger partial charge in [0.15, 0.2) is 0 Å². The molecule has 0 N–H and O–H groups in total. The molecule has 2 heteroatoms. The molecule has 1 fully saturated rings. The average Bonchev–Trinajstić information content (AvgIpc) is 2.45. The zero-order valence-electron chi connectivity index (χ0n) is 14.3. The molecule has 21 heavy (non-hydrogen) atoms. The van der Waals surface area contributed by atoms with Crippen LogP contribution in [0.3, 0.4) is 0 Å². The van der Waals surface area contributed by atoms with Gasteiger partial charge in [-0.1, -0.05) is 0 Å².